The van der Waals surface area contributed by atoms with Gasteiger partial charge in [-0.1, -0.05) is 18.3 Å². The van der Waals surface area contributed by atoms with Gasteiger partial charge in [-0.05, 0) is 17.8 Å². The number of hydrogen-bond acceptors (Lipinski definition) is 5. The van der Waals surface area contributed by atoms with Crippen LogP contribution in [0.15, 0.2) is 12.4 Å². The molecule has 18 heavy (non-hydrogen) atoms. The molecule has 2 heterocycles. The minimum Gasteiger partial charge on any atom is -0.390 e. The van der Waals surface area contributed by atoms with Crippen LogP contribution in [0, 0.1) is 10.1 Å². The fraction of sp³-hybridized carbons (Fsp3) is 0.727. The van der Waals surface area contributed by atoms with Gasteiger partial charge in [0.15, 0.2) is 0 Å². The summed E-state index contributed by atoms with van der Waals surface area (Å²) in [5.41, 5.74) is 0. The maximum Gasteiger partial charge on any atom is 0.438 e. The van der Waals surface area contributed by atoms with Gasteiger partial charge < -0.3 is 15.2 Å². The molecule has 1 saturated heterocycles. The minimum atomic E-state index is -1.35. The van der Waals surface area contributed by atoms with Gasteiger partial charge in [-0.15, -0.1) is 0 Å². The number of rotatable bonds is 4. The lowest BCUT2D eigenvalue weighted by molar-refractivity contribution is -0.402. The van der Waals surface area contributed by atoms with Gasteiger partial charge in [-0.2, -0.15) is 4.57 Å². The van der Waals surface area contributed by atoms with E-state index in [-0.39, 0.29) is 5.95 Å². The van der Waals surface area contributed by atoms with Gasteiger partial charge in [0, 0.05) is 19.5 Å². The molecule has 0 amide bonds. The lowest BCUT2D eigenvalue weighted by Gasteiger charge is -2.39. The molecule has 0 aromatic carbocycles. The van der Waals surface area contributed by atoms with E-state index in [0.717, 1.165) is 32.4 Å². The van der Waals surface area contributed by atoms with Gasteiger partial charge in [-0.25, -0.2) is 4.90 Å². The summed E-state index contributed by atoms with van der Waals surface area (Å²) in [6.45, 7) is 3.32. The van der Waals surface area contributed by atoms with E-state index in [1.165, 1.54) is 17.0 Å². The summed E-state index contributed by atoms with van der Waals surface area (Å²) >= 11 is 0. The molecule has 1 aliphatic heterocycles. The average molecular weight is 254 g/mol. The van der Waals surface area contributed by atoms with Crippen LogP contribution in [0.25, 0.3) is 0 Å². The van der Waals surface area contributed by atoms with Crippen molar-refractivity contribution in [3.63, 3.8) is 0 Å². The molecule has 0 aliphatic carbocycles. The third kappa shape index (κ3) is 2.11. The van der Waals surface area contributed by atoms with Crippen LogP contribution in [0.5, 0.6) is 0 Å². The Bertz CT molecular complexity index is 428. The standard InChI is InChI=1S/C11H18N4O3/c1-2-11(16,13-7-4-3-5-8-13)14-9-6-12-10(14)15(17)18/h6,9,16H,2-5,7-8H2,1H3. The Balaban J connectivity index is 2.35. The van der Waals surface area contributed by atoms with Gasteiger partial charge in [0.25, 0.3) is 5.85 Å². The topological polar surface area (TPSA) is 84.4 Å². The molecule has 1 atom stereocenters. The Morgan fingerprint density at radius 1 is 1.50 bits per heavy atom. The van der Waals surface area contributed by atoms with Crippen LogP contribution in [0.2, 0.25) is 0 Å². The number of aliphatic hydroxyl groups is 1. The lowest BCUT2D eigenvalue weighted by Crippen LogP contribution is -2.52. The molecule has 2 rings (SSSR count). The number of hydrogen-bond donors (Lipinski definition) is 1. The smallest absolute Gasteiger partial charge is 0.390 e. The number of likely N-dealkylation sites (tertiary alicyclic amines) is 1. The molecule has 0 bridgehead atoms. The van der Waals surface area contributed by atoms with Crippen molar-refractivity contribution in [3.05, 3.63) is 22.5 Å². The summed E-state index contributed by atoms with van der Waals surface area (Å²) in [5.74, 6) is -1.66. The molecular weight excluding hydrogens is 236 g/mol. The summed E-state index contributed by atoms with van der Waals surface area (Å²) in [5, 5.41) is 21.7. The average Bonchev–Trinajstić information content (AvgIpc) is 2.89. The van der Waals surface area contributed by atoms with E-state index in [4.69, 9.17) is 0 Å². The zero-order valence-electron chi connectivity index (χ0n) is 10.4. The second-order valence-electron chi connectivity index (χ2n) is 4.53. The molecule has 0 radical (unpaired) electrons. The van der Waals surface area contributed by atoms with E-state index < -0.39 is 10.8 Å². The highest BCUT2D eigenvalue weighted by molar-refractivity contribution is 5.10. The highest BCUT2D eigenvalue weighted by Crippen LogP contribution is 2.29. The monoisotopic (exact) mass is 254 g/mol. The Labute approximate surface area is 105 Å². The van der Waals surface area contributed by atoms with Gasteiger partial charge in [-0.3, -0.25) is 0 Å². The van der Waals surface area contributed by atoms with Crippen LogP contribution in [0.4, 0.5) is 5.95 Å². The number of aromatic nitrogens is 2. The normalized spacial score (nSPS) is 20.6. The molecule has 7 nitrogen and oxygen atoms in total. The van der Waals surface area contributed by atoms with Crippen LogP contribution < -0.4 is 0 Å². The number of piperidine rings is 1. The SMILES string of the molecule is CCC(O)(N1CCCCC1)n1ccnc1[N+](=O)[O-]. The molecule has 100 valence electrons. The Morgan fingerprint density at radius 2 is 2.17 bits per heavy atom. The van der Waals surface area contributed by atoms with Crippen LogP contribution in [0.1, 0.15) is 32.6 Å². The Kier molecular flexibility index (Phi) is 3.63. The molecule has 7 heteroatoms. The van der Waals surface area contributed by atoms with Gasteiger partial charge >= 0.3 is 5.95 Å². The van der Waals surface area contributed by atoms with Crippen LogP contribution in [-0.4, -0.2) is 37.6 Å². The second kappa shape index (κ2) is 5.03. The van der Waals surface area contributed by atoms with Crippen molar-refractivity contribution in [2.45, 2.75) is 38.5 Å². The third-order valence-electron chi connectivity index (χ3n) is 3.51. The fourth-order valence-electron chi connectivity index (χ4n) is 2.51. The predicted octanol–water partition coefficient (Wildman–Crippen LogP) is 1.29. The molecule has 0 spiro atoms. The highest BCUT2D eigenvalue weighted by Gasteiger charge is 2.41. The molecule has 1 unspecified atom stereocenters. The van der Waals surface area contributed by atoms with Crippen molar-refractivity contribution in [3.8, 4) is 0 Å². The third-order valence-corrected chi connectivity index (χ3v) is 3.51. The summed E-state index contributed by atoms with van der Waals surface area (Å²) in [6.07, 6.45) is 6.35. The van der Waals surface area contributed by atoms with Crippen LogP contribution in [-0.2, 0) is 5.85 Å². The van der Waals surface area contributed by atoms with Crippen LogP contribution in [0.3, 0.4) is 0 Å². The molecule has 1 aromatic heterocycles. The van der Waals surface area contributed by atoms with Gasteiger partial charge in [0.05, 0.1) is 0 Å². The second-order valence-corrected chi connectivity index (χ2v) is 4.53. The Morgan fingerprint density at radius 3 is 2.72 bits per heavy atom. The first-order valence-corrected chi connectivity index (χ1v) is 6.25. The maximum absolute atomic E-state index is 10.9. The molecule has 0 saturated carbocycles. The van der Waals surface area contributed by atoms with E-state index in [1.54, 1.807) is 0 Å². The predicted molar refractivity (Wildman–Crippen MR) is 64.8 cm³/mol. The molecule has 1 aromatic rings. The van der Waals surface area contributed by atoms with Crippen molar-refractivity contribution < 1.29 is 10.0 Å². The summed E-state index contributed by atoms with van der Waals surface area (Å²) in [7, 11) is 0. The first-order valence-electron chi connectivity index (χ1n) is 6.25. The van der Waals surface area contributed by atoms with Crippen LogP contribution >= 0.6 is 0 Å². The van der Waals surface area contributed by atoms with Gasteiger partial charge in [0.2, 0.25) is 0 Å². The van der Waals surface area contributed by atoms with Crippen molar-refractivity contribution in [2.24, 2.45) is 0 Å². The maximum atomic E-state index is 10.9. The largest absolute Gasteiger partial charge is 0.438 e. The van der Waals surface area contributed by atoms with Crippen molar-refractivity contribution >= 4 is 5.95 Å². The fourth-order valence-corrected chi connectivity index (χ4v) is 2.51. The van der Waals surface area contributed by atoms with E-state index in [0.29, 0.717) is 6.42 Å². The summed E-state index contributed by atoms with van der Waals surface area (Å²) in [6, 6.07) is 0. The minimum absolute atomic E-state index is 0.315. The molecule has 1 fully saturated rings. The van der Waals surface area contributed by atoms with E-state index in [2.05, 4.69) is 4.98 Å². The number of imidazole rings is 1. The molecular formula is C11H18N4O3. The first-order chi connectivity index (χ1) is 8.59. The number of nitrogens with zero attached hydrogens (tertiary/aromatic N) is 4. The Hall–Kier alpha value is -1.47. The zero-order chi connectivity index (χ0) is 13.2. The summed E-state index contributed by atoms with van der Waals surface area (Å²) in [4.78, 5) is 16.0. The molecule has 1 aliphatic rings. The van der Waals surface area contributed by atoms with E-state index in [1.807, 2.05) is 11.8 Å². The summed E-state index contributed by atoms with van der Waals surface area (Å²) < 4.78 is 1.26. The number of nitro groups is 1. The van der Waals surface area contributed by atoms with E-state index in [9.17, 15) is 15.2 Å². The first kappa shape index (κ1) is 13.0. The van der Waals surface area contributed by atoms with E-state index >= 15 is 0 Å². The van der Waals surface area contributed by atoms with Crippen molar-refractivity contribution in [1.29, 1.82) is 0 Å². The lowest BCUT2D eigenvalue weighted by atomic mass is 10.1. The zero-order valence-corrected chi connectivity index (χ0v) is 10.4. The molecule has 1 N–H and O–H groups in total. The van der Waals surface area contributed by atoms with Gasteiger partial charge in [0.1, 0.15) is 12.4 Å². The van der Waals surface area contributed by atoms with Crippen molar-refractivity contribution in [1.82, 2.24) is 14.5 Å². The quantitative estimate of drug-likeness (QED) is 0.646. The highest BCUT2D eigenvalue weighted by atomic mass is 16.6. The van der Waals surface area contributed by atoms with Crippen molar-refractivity contribution in [2.75, 3.05) is 13.1 Å².